The highest BCUT2D eigenvalue weighted by Crippen LogP contribution is 2.68. The van der Waals surface area contributed by atoms with E-state index >= 15 is 0 Å². The molecule has 0 spiro atoms. The molecule has 110 valence electrons. The first-order valence-electron chi connectivity index (χ1n) is 7.15. The maximum atomic E-state index is 12.6. The Balaban J connectivity index is 2.18. The third-order valence-corrected chi connectivity index (χ3v) is 5.41. The first kappa shape index (κ1) is 15.0. The van der Waals surface area contributed by atoms with Crippen LogP contribution in [-0.4, -0.2) is 17.6 Å². The van der Waals surface area contributed by atoms with Crippen LogP contribution in [0.3, 0.4) is 0 Å². The van der Waals surface area contributed by atoms with Crippen molar-refractivity contribution in [2.75, 3.05) is 6.61 Å². The molecule has 0 radical (unpaired) electrons. The molecule has 1 amide bonds. The molecule has 3 nitrogen and oxygen atoms in total. The van der Waals surface area contributed by atoms with Gasteiger partial charge < -0.3 is 10.4 Å². The second kappa shape index (κ2) is 4.59. The van der Waals surface area contributed by atoms with Crippen molar-refractivity contribution in [3.8, 4) is 0 Å². The van der Waals surface area contributed by atoms with Gasteiger partial charge in [-0.25, -0.2) is 0 Å². The fourth-order valence-corrected chi connectivity index (χ4v) is 3.20. The summed E-state index contributed by atoms with van der Waals surface area (Å²) in [6.45, 7) is 10.2. The minimum atomic E-state index is -0.729. The quantitative estimate of drug-likeness (QED) is 0.887. The number of benzene rings is 1. The topological polar surface area (TPSA) is 49.3 Å². The van der Waals surface area contributed by atoms with Gasteiger partial charge in [0.25, 0.3) is 0 Å². The molecule has 0 heterocycles. The van der Waals surface area contributed by atoms with Crippen LogP contribution < -0.4 is 5.32 Å². The zero-order chi connectivity index (χ0) is 15.2. The molecule has 1 saturated carbocycles. The Labute approximate surface area is 121 Å². The lowest BCUT2D eigenvalue weighted by atomic mass is 9.92. The van der Waals surface area contributed by atoms with Gasteiger partial charge in [-0.05, 0) is 23.3 Å². The Morgan fingerprint density at radius 1 is 1.20 bits per heavy atom. The Bertz CT molecular complexity index is 493. The number of nitrogens with one attached hydrogen (secondary N) is 1. The molecule has 0 bridgehead atoms. The lowest BCUT2D eigenvalue weighted by molar-refractivity contribution is -0.126. The van der Waals surface area contributed by atoms with Gasteiger partial charge in [-0.3, -0.25) is 4.79 Å². The normalized spacial score (nSPS) is 22.9. The van der Waals surface area contributed by atoms with Crippen LogP contribution in [0.25, 0.3) is 0 Å². The summed E-state index contributed by atoms with van der Waals surface area (Å²) >= 11 is 0. The van der Waals surface area contributed by atoms with Crippen LogP contribution in [0.4, 0.5) is 0 Å². The van der Waals surface area contributed by atoms with Crippen molar-refractivity contribution in [1.29, 1.82) is 0 Å². The molecule has 1 aromatic rings. The average molecular weight is 275 g/mol. The number of carbonyl (C=O) groups excluding carboxylic acids is 1. The molecule has 1 aromatic carbocycles. The summed E-state index contributed by atoms with van der Waals surface area (Å²) in [7, 11) is 0. The summed E-state index contributed by atoms with van der Waals surface area (Å²) in [6, 6.07) is 9.62. The van der Waals surface area contributed by atoms with Gasteiger partial charge in [0.15, 0.2) is 0 Å². The van der Waals surface area contributed by atoms with Crippen LogP contribution >= 0.6 is 0 Å². The Kier molecular flexibility index (Phi) is 3.45. The molecule has 1 aliphatic rings. The predicted octanol–water partition coefficient (Wildman–Crippen LogP) is 2.69. The highest BCUT2D eigenvalue weighted by Gasteiger charge is 2.68. The lowest BCUT2D eigenvalue weighted by Gasteiger charge is -2.30. The maximum Gasteiger partial charge on any atom is 0.225 e. The lowest BCUT2D eigenvalue weighted by Crippen LogP contribution is -2.47. The number of hydrogen-bond donors (Lipinski definition) is 2. The maximum absolute atomic E-state index is 12.6. The van der Waals surface area contributed by atoms with E-state index in [1.54, 1.807) is 0 Å². The number of rotatable bonds is 4. The summed E-state index contributed by atoms with van der Waals surface area (Å²) < 4.78 is 0. The number of aliphatic hydroxyl groups excluding tert-OH is 1. The third kappa shape index (κ3) is 2.14. The fraction of sp³-hybridized carbons (Fsp3) is 0.588. The number of carbonyl (C=O) groups is 1. The van der Waals surface area contributed by atoms with E-state index in [0.717, 1.165) is 5.56 Å². The molecule has 2 N–H and O–H groups in total. The van der Waals surface area contributed by atoms with E-state index in [2.05, 4.69) is 33.0 Å². The smallest absolute Gasteiger partial charge is 0.225 e. The molecule has 0 aromatic heterocycles. The van der Waals surface area contributed by atoms with Gasteiger partial charge in [-0.1, -0.05) is 58.0 Å². The van der Waals surface area contributed by atoms with E-state index in [-0.39, 0.29) is 29.3 Å². The molecule has 0 saturated heterocycles. The van der Waals surface area contributed by atoms with Gasteiger partial charge in [-0.15, -0.1) is 0 Å². The second-order valence-corrected chi connectivity index (χ2v) is 7.22. The molecule has 20 heavy (non-hydrogen) atoms. The highest BCUT2D eigenvalue weighted by atomic mass is 16.3. The number of aliphatic hydroxyl groups is 1. The molecule has 1 fully saturated rings. The van der Waals surface area contributed by atoms with Crippen molar-refractivity contribution < 1.29 is 9.90 Å². The number of hydrogen-bond acceptors (Lipinski definition) is 2. The first-order chi connectivity index (χ1) is 9.17. The standard InChI is InChI=1S/C17H25NO2/c1-15(2)13(16(15,3)4)14(20)18-17(5,11-19)12-9-7-6-8-10-12/h6-10,13,19H,11H2,1-5H3,(H,18,20). The molecule has 1 aliphatic carbocycles. The van der Waals surface area contributed by atoms with Gasteiger partial charge in [-0.2, -0.15) is 0 Å². The van der Waals surface area contributed by atoms with E-state index in [9.17, 15) is 9.90 Å². The summed E-state index contributed by atoms with van der Waals surface area (Å²) in [4.78, 5) is 12.6. The Morgan fingerprint density at radius 2 is 1.70 bits per heavy atom. The molecular weight excluding hydrogens is 250 g/mol. The first-order valence-corrected chi connectivity index (χ1v) is 7.15. The summed E-state index contributed by atoms with van der Waals surface area (Å²) in [5.41, 5.74) is 0.202. The van der Waals surface area contributed by atoms with Gasteiger partial charge in [0, 0.05) is 5.92 Å². The van der Waals surface area contributed by atoms with Crippen LogP contribution in [0.2, 0.25) is 0 Å². The van der Waals surface area contributed by atoms with Crippen molar-refractivity contribution in [3.63, 3.8) is 0 Å². The summed E-state index contributed by atoms with van der Waals surface area (Å²) in [5.74, 6) is 0.0185. The van der Waals surface area contributed by atoms with Crippen LogP contribution in [0.1, 0.15) is 40.2 Å². The minimum absolute atomic E-state index is 0.00410. The fourth-order valence-electron chi connectivity index (χ4n) is 3.20. The zero-order valence-corrected chi connectivity index (χ0v) is 13.0. The Hall–Kier alpha value is -1.35. The van der Waals surface area contributed by atoms with Crippen molar-refractivity contribution in [3.05, 3.63) is 35.9 Å². The molecule has 2 rings (SSSR count). The number of amides is 1. The van der Waals surface area contributed by atoms with E-state index in [4.69, 9.17) is 0 Å². The largest absolute Gasteiger partial charge is 0.394 e. The Morgan fingerprint density at radius 3 is 2.10 bits per heavy atom. The van der Waals surface area contributed by atoms with Gasteiger partial charge >= 0.3 is 0 Å². The summed E-state index contributed by atoms with van der Waals surface area (Å²) in [6.07, 6.45) is 0. The molecule has 1 atom stereocenters. The average Bonchev–Trinajstić information content (AvgIpc) is 2.80. The zero-order valence-electron chi connectivity index (χ0n) is 13.0. The summed E-state index contributed by atoms with van der Waals surface area (Å²) in [5, 5.41) is 12.8. The van der Waals surface area contributed by atoms with Crippen molar-refractivity contribution in [1.82, 2.24) is 5.32 Å². The molecule has 0 aliphatic heterocycles. The molecule has 1 unspecified atom stereocenters. The SMILES string of the molecule is CC(CO)(NC(=O)C1C(C)(C)C1(C)C)c1ccccc1. The van der Waals surface area contributed by atoms with Crippen LogP contribution in [0.5, 0.6) is 0 Å². The van der Waals surface area contributed by atoms with Gasteiger partial charge in [0.1, 0.15) is 0 Å². The predicted molar refractivity (Wildman–Crippen MR) is 80.1 cm³/mol. The van der Waals surface area contributed by atoms with E-state index < -0.39 is 5.54 Å². The van der Waals surface area contributed by atoms with E-state index in [1.807, 2.05) is 37.3 Å². The third-order valence-electron chi connectivity index (χ3n) is 5.41. The van der Waals surface area contributed by atoms with Crippen LogP contribution in [0.15, 0.2) is 30.3 Å². The second-order valence-electron chi connectivity index (χ2n) is 7.22. The van der Waals surface area contributed by atoms with Gasteiger partial charge in [0.2, 0.25) is 5.91 Å². The van der Waals surface area contributed by atoms with Crippen molar-refractivity contribution in [2.24, 2.45) is 16.7 Å². The van der Waals surface area contributed by atoms with Crippen molar-refractivity contribution in [2.45, 2.75) is 40.2 Å². The monoisotopic (exact) mass is 275 g/mol. The van der Waals surface area contributed by atoms with Crippen LogP contribution in [0, 0.1) is 16.7 Å². The molecular formula is C17H25NO2. The minimum Gasteiger partial charge on any atom is -0.394 e. The van der Waals surface area contributed by atoms with Crippen LogP contribution in [-0.2, 0) is 10.3 Å². The van der Waals surface area contributed by atoms with Crippen molar-refractivity contribution >= 4 is 5.91 Å². The molecule has 3 heteroatoms. The van der Waals surface area contributed by atoms with Gasteiger partial charge in [0.05, 0.1) is 12.1 Å². The van der Waals surface area contributed by atoms with E-state index in [0.29, 0.717) is 0 Å². The highest BCUT2D eigenvalue weighted by molar-refractivity contribution is 5.85. The van der Waals surface area contributed by atoms with E-state index in [1.165, 1.54) is 0 Å².